The number of thioether (sulfide) groups is 1. The third kappa shape index (κ3) is 2.80. The zero-order valence-corrected chi connectivity index (χ0v) is 10.4. The standard InChI is InChI=1S/C14H14FNS/c1-10-5-4-8-13(14(10)16)17-9-11-6-2-3-7-12(11)15/h2-8H,9,16H2,1H3. The zero-order chi connectivity index (χ0) is 12.3. The fourth-order valence-electron chi connectivity index (χ4n) is 1.55. The van der Waals surface area contributed by atoms with E-state index in [1.165, 1.54) is 6.07 Å². The van der Waals surface area contributed by atoms with Crippen LogP contribution in [0, 0.1) is 12.7 Å². The normalized spacial score (nSPS) is 10.5. The number of rotatable bonds is 3. The van der Waals surface area contributed by atoms with Gasteiger partial charge in [-0.25, -0.2) is 4.39 Å². The van der Waals surface area contributed by atoms with Gasteiger partial charge in [-0.15, -0.1) is 11.8 Å². The van der Waals surface area contributed by atoms with E-state index in [1.807, 2.05) is 31.2 Å². The lowest BCUT2D eigenvalue weighted by atomic mass is 10.2. The van der Waals surface area contributed by atoms with E-state index in [0.717, 1.165) is 16.1 Å². The van der Waals surface area contributed by atoms with Gasteiger partial charge in [0, 0.05) is 16.3 Å². The molecule has 2 aromatic carbocycles. The maximum atomic E-state index is 13.4. The van der Waals surface area contributed by atoms with Crippen molar-refractivity contribution in [2.24, 2.45) is 0 Å². The van der Waals surface area contributed by atoms with E-state index >= 15 is 0 Å². The number of hydrogen-bond acceptors (Lipinski definition) is 2. The van der Waals surface area contributed by atoms with E-state index in [4.69, 9.17) is 5.73 Å². The summed E-state index contributed by atoms with van der Waals surface area (Å²) in [5, 5.41) is 0. The fraction of sp³-hybridized carbons (Fsp3) is 0.143. The van der Waals surface area contributed by atoms with Gasteiger partial charge in [-0.1, -0.05) is 30.3 Å². The number of hydrogen-bond donors (Lipinski definition) is 1. The van der Waals surface area contributed by atoms with Gasteiger partial charge < -0.3 is 5.73 Å². The smallest absolute Gasteiger partial charge is 0.127 e. The van der Waals surface area contributed by atoms with Gasteiger partial charge in [0.15, 0.2) is 0 Å². The maximum Gasteiger partial charge on any atom is 0.127 e. The Morgan fingerprint density at radius 3 is 2.65 bits per heavy atom. The first-order chi connectivity index (χ1) is 8.18. The molecule has 2 aromatic rings. The van der Waals surface area contributed by atoms with E-state index in [1.54, 1.807) is 23.9 Å². The largest absolute Gasteiger partial charge is 0.398 e. The Labute approximate surface area is 105 Å². The Balaban J connectivity index is 2.13. The summed E-state index contributed by atoms with van der Waals surface area (Å²) >= 11 is 1.56. The van der Waals surface area contributed by atoms with Crippen molar-refractivity contribution in [2.75, 3.05) is 5.73 Å². The molecule has 1 nitrogen and oxygen atoms in total. The molecule has 0 aliphatic rings. The number of anilines is 1. The Bertz CT molecular complexity index is 525. The van der Waals surface area contributed by atoms with Gasteiger partial charge in [-0.05, 0) is 30.2 Å². The number of benzene rings is 2. The van der Waals surface area contributed by atoms with E-state index < -0.39 is 0 Å². The maximum absolute atomic E-state index is 13.4. The van der Waals surface area contributed by atoms with Gasteiger partial charge in [-0.2, -0.15) is 0 Å². The average Bonchev–Trinajstić information content (AvgIpc) is 2.33. The molecule has 0 radical (unpaired) electrons. The summed E-state index contributed by atoms with van der Waals surface area (Å²) in [6, 6.07) is 12.7. The molecule has 0 amide bonds. The topological polar surface area (TPSA) is 26.0 Å². The molecule has 2 rings (SSSR count). The molecule has 0 aromatic heterocycles. The Morgan fingerprint density at radius 1 is 1.12 bits per heavy atom. The van der Waals surface area contributed by atoms with E-state index in [2.05, 4.69) is 0 Å². The third-order valence-electron chi connectivity index (χ3n) is 2.63. The first-order valence-electron chi connectivity index (χ1n) is 5.40. The van der Waals surface area contributed by atoms with Crippen molar-refractivity contribution < 1.29 is 4.39 Å². The molecular weight excluding hydrogens is 233 g/mol. The minimum absolute atomic E-state index is 0.161. The number of nitrogens with two attached hydrogens (primary N) is 1. The first-order valence-corrected chi connectivity index (χ1v) is 6.38. The SMILES string of the molecule is Cc1cccc(SCc2ccccc2F)c1N. The Morgan fingerprint density at radius 2 is 1.88 bits per heavy atom. The van der Waals surface area contributed by atoms with Crippen LogP contribution in [-0.2, 0) is 5.75 Å². The summed E-state index contributed by atoms with van der Waals surface area (Å²) in [5.74, 6) is 0.437. The van der Waals surface area contributed by atoms with Crippen molar-refractivity contribution in [1.29, 1.82) is 0 Å². The second-order valence-corrected chi connectivity index (χ2v) is 4.88. The van der Waals surface area contributed by atoms with E-state index in [9.17, 15) is 4.39 Å². The van der Waals surface area contributed by atoms with Crippen LogP contribution in [0.25, 0.3) is 0 Å². The van der Waals surface area contributed by atoms with Crippen LogP contribution in [0.15, 0.2) is 47.4 Å². The molecule has 88 valence electrons. The summed E-state index contributed by atoms with van der Waals surface area (Å²) in [4.78, 5) is 1.01. The molecule has 0 aliphatic heterocycles. The lowest BCUT2D eigenvalue weighted by Crippen LogP contribution is -1.93. The van der Waals surface area contributed by atoms with E-state index in [0.29, 0.717) is 11.3 Å². The van der Waals surface area contributed by atoms with Gasteiger partial charge in [0.05, 0.1) is 0 Å². The van der Waals surface area contributed by atoms with Gasteiger partial charge in [0.25, 0.3) is 0 Å². The third-order valence-corrected chi connectivity index (χ3v) is 3.75. The minimum Gasteiger partial charge on any atom is -0.398 e. The molecule has 0 aliphatic carbocycles. The van der Waals surface area contributed by atoms with Crippen LogP contribution in [0.4, 0.5) is 10.1 Å². The van der Waals surface area contributed by atoms with Crippen LogP contribution in [-0.4, -0.2) is 0 Å². The van der Waals surface area contributed by atoms with Crippen molar-refractivity contribution >= 4 is 17.4 Å². The highest BCUT2D eigenvalue weighted by Crippen LogP contribution is 2.30. The Hall–Kier alpha value is -1.48. The molecule has 17 heavy (non-hydrogen) atoms. The van der Waals surface area contributed by atoms with Crippen molar-refractivity contribution in [3.05, 3.63) is 59.4 Å². The van der Waals surface area contributed by atoms with Crippen molar-refractivity contribution in [1.82, 2.24) is 0 Å². The van der Waals surface area contributed by atoms with Gasteiger partial charge in [-0.3, -0.25) is 0 Å². The molecule has 0 bridgehead atoms. The summed E-state index contributed by atoms with van der Waals surface area (Å²) in [6.45, 7) is 1.97. The Kier molecular flexibility index (Phi) is 3.69. The van der Waals surface area contributed by atoms with Crippen LogP contribution < -0.4 is 5.73 Å². The molecule has 0 spiro atoms. The molecule has 0 fully saturated rings. The highest BCUT2D eigenvalue weighted by molar-refractivity contribution is 7.98. The lowest BCUT2D eigenvalue weighted by Gasteiger charge is -2.08. The lowest BCUT2D eigenvalue weighted by molar-refractivity contribution is 0.617. The second-order valence-electron chi connectivity index (χ2n) is 3.87. The zero-order valence-electron chi connectivity index (χ0n) is 9.61. The van der Waals surface area contributed by atoms with Crippen molar-refractivity contribution in [2.45, 2.75) is 17.6 Å². The fourth-order valence-corrected chi connectivity index (χ4v) is 2.59. The quantitative estimate of drug-likeness (QED) is 0.655. The van der Waals surface area contributed by atoms with Crippen LogP contribution in [0.2, 0.25) is 0 Å². The monoisotopic (exact) mass is 247 g/mol. The molecule has 0 saturated carbocycles. The average molecular weight is 247 g/mol. The number of para-hydroxylation sites is 1. The number of halogens is 1. The van der Waals surface area contributed by atoms with Crippen LogP contribution in [0.5, 0.6) is 0 Å². The first kappa shape index (κ1) is 12.0. The van der Waals surface area contributed by atoms with Crippen LogP contribution in [0.1, 0.15) is 11.1 Å². The van der Waals surface area contributed by atoms with Gasteiger partial charge in [0.2, 0.25) is 0 Å². The van der Waals surface area contributed by atoms with E-state index in [-0.39, 0.29) is 5.82 Å². The van der Waals surface area contributed by atoms with Crippen LogP contribution >= 0.6 is 11.8 Å². The molecule has 0 unspecified atom stereocenters. The predicted octanol–water partition coefficient (Wildman–Crippen LogP) is 4.01. The molecule has 0 saturated heterocycles. The highest BCUT2D eigenvalue weighted by atomic mass is 32.2. The van der Waals surface area contributed by atoms with Crippen molar-refractivity contribution in [3.8, 4) is 0 Å². The molecule has 3 heteroatoms. The summed E-state index contributed by atoms with van der Waals surface area (Å²) in [7, 11) is 0. The molecular formula is C14H14FNS. The van der Waals surface area contributed by atoms with Crippen LogP contribution in [0.3, 0.4) is 0 Å². The predicted molar refractivity (Wildman–Crippen MR) is 71.6 cm³/mol. The number of aryl methyl sites for hydroxylation is 1. The minimum atomic E-state index is -0.161. The molecule has 0 heterocycles. The molecule has 2 N–H and O–H groups in total. The van der Waals surface area contributed by atoms with Gasteiger partial charge >= 0.3 is 0 Å². The summed E-state index contributed by atoms with van der Waals surface area (Å²) in [5.41, 5.74) is 8.52. The molecule has 0 atom stereocenters. The van der Waals surface area contributed by atoms with Crippen molar-refractivity contribution in [3.63, 3.8) is 0 Å². The highest BCUT2D eigenvalue weighted by Gasteiger charge is 2.05. The second kappa shape index (κ2) is 5.23. The number of nitrogen functional groups attached to an aromatic ring is 1. The summed E-state index contributed by atoms with van der Waals surface area (Å²) < 4.78 is 13.4. The van der Waals surface area contributed by atoms with Gasteiger partial charge in [0.1, 0.15) is 5.82 Å². The summed E-state index contributed by atoms with van der Waals surface area (Å²) in [6.07, 6.45) is 0.